The van der Waals surface area contributed by atoms with Crippen LogP contribution in [0.25, 0.3) is 5.00 Å². The van der Waals surface area contributed by atoms with Crippen LogP contribution in [0.5, 0.6) is 0 Å². The molecule has 0 aromatic carbocycles. The highest BCUT2D eigenvalue weighted by Gasteiger charge is 2.24. The number of ether oxygens (including phenoxy) is 1. The number of thioether (sulfide) groups is 1. The molecule has 7 nitrogen and oxygen atoms in total. The van der Waals surface area contributed by atoms with Gasteiger partial charge in [-0.2, -0.15) is 0 Å². The van der Waals surface area contributed by atoms with Crippen molar-refractivity contribution in [1.29, 1.82) is 0 Å². The van der Waals surface area contributed by atoms with Crippen molar-refractivity contribution in [3.63, 3.8) is 0 Å². The highest BCUT2D eigenvalue weighted by molar-refractivity contribution is 8.03. The lowest BCUT2D eigenvalue weighted by molar-refractivity contribution is -0.153. The average molecular weight is 545 g/mol. The van der Waals surface area contributed by atoms with Crippen LogP contribution in [0.1, 0.15) is 75.3 Å². The van der Waals surface area contributed by atoms with Crippen molar-refractivity contribution < 1.29 is 14.3 Å². The van der Waals surface area contributed by atoms with Crippen LogP contribution in [0.4, 0.5) is 4.79 Å². The summed E-state index contributed by atoms with van der Waals surface area (Å²) in [4.78, 5) is 30.2. The molecule has 37 heavy (non-hydrogen) atoms. The summed E-state index contributed by atoms with van der Waals surface area (Å²) >= 11 is 3.47. The lowest BCUT2D eigenvalue weighted by Crippen LogP contribution is -2.35. The summed E-state index contributed by atoms with van der Waals surface area (Å²) in [5, 5.41) is 7.30. The molecule has 0 bridgehead atoms. The predicted molar refractivity (Wildman–Crippen MR) is 152 cm³/mol. The Labute approximate surface area is 229 Å². The lowest BCUT2D eigenvalue weighted by atomic mass is 10.0. The maximum absolute atomic E-state index is 12.7. The van der Waals surface area contributed by atoms with Gasteiger partial charge in [-0.1, -0.05) is 6.42 Å². The van der Waals surface area contributed by atoms with E-state index in [1.165, 1.54) is 37.9 Å². The zero-order chi connectivity index (χ0) is 26.4. The number of fused-ring (bicyclic) bond motifs is 1. The molecule has 0 spiro atoms. The molecule has 2 aromatic heterocycles. The maximum Gasteiger partial charge on any atom is 0.315 e. The molecule has 0 atom stereocenters. The fourth-order valence-electron chi connectivity index (χ4n) is 4.89. The second-order valence-electron chi connectivity index (χ2n) is 10.9. The van der Waals surface area contributed by atoms with E-state index in [0.717, 1.165) is 45.2 Å². The quantitative estimate of drug-likeness (QED) is 0.317. The Morgan fingerprint density at radius 3 is 2.59 bits per heavy atom. The minimum atomic E-state index is -0.478. The van der Waals surface area contributed by atoms with Gasteiger partial charge in [-0.25, -0.2) is 4.79 Å². The van der Waals surface area contributed by atoms with Crippen LogP contribution in [-0.2, 0) is 29.0 Å². The number of hydrogen-bond donors (Lipinski definition) is 2. The van der Waals surface area contributed by atoms with Crippen molar-refractivity contribution in [3.05, 3.63) is 51.0 Å². The van der Waals surface area contributed by atoms with Gasteiger partial charge < -0.3 is 24.8 Å². The normalized spacial score (nSPS) is 16.8. The number of urea groups is 1. The first-order valence-electron chi connectivity index (χ1n) is 13.2. The van der Waals surface area contributed by atoms with Gasteiger partial charge in [0.25, 0.3) is 0 Å². The van der Waals surface area contributed by atoms with E-state index in [0.29, 0.717) is 18.8 Å². The number of carbonyl (C=O) groups excluding carboxylic acids is 2. The number of likely N-dealkylation sites (N-methyl/N-ethyl adjacent to an activating group) is 1. The maximum atomic E-state index is 12.7. The van der Waals surface area contributed by atoms with Gasteiger partial charge in [-0.15, -0.1) is 23.1 Å². The molecule has 0 saturated heterocycles. The van der Waals surface area contributed by atoms with Crippen molar-refractivity contribution in [3.8, 4) is 5.00 Å². The van der Waals surface area contributed by atoms with E-state index in [2.05, 4.69) is 39.5 Å². The molecule has 4 rings (SSSR count). The molecule has 202 valence electrons. The van der Waals surface area contributed by atoms with E-state index in [9.17, 15) is 9.59 Å². The number of thiophene rings is 1. The van der Waals surface area contributed by atoms with Crippen LogP contribution in [0, 0.1) is 0 Å². The van der Waals surface area contributed by atoms with Crippen molar-refractivity contribution in [2.75, 3.05) is 19.5 Å². The standard InChI is InChI=1S/C28H40N4O3S2/c1-28(2,3)35-25(33)16-20-10-6-5-7-11-23(20)36-19-30-27(34)29-17-22-21-12-15-31(4)18-24(21)37-26(22)32-13-8-9-14-32/h8-9,13-14H,5-7,10-12,15-19H2,1-4H3,(H2,29,30,34). The van der Waals surface area contributed by atoms with Gasteiger partial charge in [0, 0.05) is 42.5 Å². The monoisotopic (exact) mass is 544 g/mol. The van der Waals surface area contributed by atoms with E-state index in [1.54, 1.807) is 11.8 Å². The Bertz CT molecular complexity index is 1120. The third-order valence-electron chi connectivity index (χ3n) is 6.63. The summed E-state index contributed by atoms with van der Waals surface area (Å²) in [6.07, 6.45) is 10.7. The van der Waals surface area contributed by atoms with Gasteiger partial charge in [0.2, 0.25) is 0 Å². The lowest BCUT2D eigenvalue weighted by Gasteiger charge is -2.22. The Balaban J connectivity index is 1.34. The first-order chi connectivity index (χ1) is 17.7. The predicted octanol–water partition coefficient (Wildman–Crippen LogP) is 5.97. The molecule has 2 aliphatic rings. The average Bonchev–Trinajstić information content (AvgIpc) is 3.41. The molecule has 2 aromatic rings. The second-order valence-corrected chi connectivity index (χ2v) is 13.0. The summed E-state index contributed by atoms with van der Waals surface area (Å²) in [7, 11) is 2.16. The minimum Gasteiger partial charge on any atom is -0.460 e. The molecule has 3 heterocycles. The molecular formula is C28H40N4O3S2. The van der Waals surface area contributed by atoms with Crippen LogP contribution in [0.2, 0.25) is 0 Å². The van der Waals surface area contributed by atoms with Gasteiger partial charge in [0.15, 0.2) is 0 Å². The van der Waals surface area contributed by atoms with E-state index < -0.39 is 5.60 Å². The third kappa shape index (κ3) is 7.88. The number of carbonyl (C=O) groups is 2. The van der Waals surface area contributed by atoms with Crippen molar-refractivity contribution >= 4 is 35.1 Å². The first-order valence-corrected chi connectivity index (χ1v) is 15.0. The van der Waals surface area contributed by atoms with Crippen molar-refractivity contribution in [2.24, 2.45) is 0 Å². The molecule has 2 amide bonds. The summed E-state index contributed by atoms with van der Waals surface area (Å²) in [6, 6.07) is 3.90. The summed E-state index contributed by atoms with van der Waals surface area (Å²) in [6.45, 7) is 8.19. The Kier molecular flexibility index (Phi) is 9.42. The fraction of sp³-hybridized carbons (Fsp3) is 0.571. The fourth-order valence-corrected chi connectivity index (χ4v) is 7.35. The first kappa shape index (κ1) is 27.8. The second kappa shape index (κ2) is 12.5. The number of allylic oxidation sites excluding steroid dienone is 1. The zero-order valence-electron chi connectivity index (χ0n) is 22.5. The smallest absolute Gasteiger partial charge is 0.315 e. The highest BCUT2D eigenvalue weighted by atomic mass is 32.2. The molecule has 1 aliphatic heterocycles. The summed E-state index contributed by atoms with van der Waals surface area (Å²) in [5.41, 5.74) is 3.30. The molecule has 9 heteroatoms. The van der Waals surface area contributed by atoms with Crippen molar-refractivity contribution in [1.82, 2.24) is 20.1 Å². The molecule has 0 unspecified atom stereocenters. The van der Waals surface area contributed by atoms with Crippen LogP contribution >= 0.6 is 23.1 Å². The Hall–Kier alpha value is -2.23. The van der Waals surface area contributed by atoms with Gasteiger partial charge in [0.1, 0.15) is 10.6 Å². The number of nitrogens with zero attached hydrogens (tertiary/aromatic N) is 2. The van der Waals surface area contributed by atoms with Crippen LogP contribution < -0.4 is 10.6 Å². The van der Waals surface area contributed by atoms with E-state index in [-0.39, 0.29) is 12.0 Å². The highest BCUT2D eigenvalue weighted by Crippen LogP contribution is 2.36. The number of aromatic nitrogens is 1. The zero-order valence-corrected chi connectivity index (χ0v) is 24.2. The summed E-state index contributed by atoms with van der Waals surface area (Å²) < 4.78 is 7.71. The number of nitrogens with one attached hydrogen (secondary N) is 2. The van der Waals surface area contributed by atoms with E-state index in [1.807, 2.05) is 44.2 Å². The van der Waals surface area contributed by atoms with E-state index >= 15 is 0 Å². The largest absolute Gasteiger partial charge is 0.460 e. The number of hydrogen-bond acceptors (Lipinski definition) is 6. The molecule has 2 N–H and O–H groups in total. The van der Waals surface area contributed by atoms with Gasteiger partial charge >= 0.3 is 12.0 Å². The summed E-state index contributed by atoms with van der Waals surface area (Å²) in [5.74, 6) is 0.313. The Morgan fingerprint density at radius 2 is 1.84 bits per heavy atom. The number of rotatable bonds is 8. The van der Waals surface area contributed by atoms with Crippen LogP contribution in [-0.4, -0.2) is 46.5 Å². The van der Waals surface area contributed by atoms with Gasteiger partial charge in [-0.3, -0.25) is 4.79 Å². The number of esters is 1. The minimum absolute atomic E-state index is 0.165. The van der Waals surface area contributed by atoms with Crippen LogP contribution in [0.15, 0.2) is 35.0 Å². The van der Waals surface area contributed by atoms with E-state index in [4.69, 9.17) is 4.74 Å². The Morgan fingerprint density at radius 1 is 1.08 bits per heavy atom. The molecule has 0 radical (unpaired) electrons. The molecule has 0 fully saturated rings. The third-order valence-corrected chi connectivity index (χ3v) is 9.04. The topological polar surface area (TPSA) is 75.6 Å². The van der Waals surface area contributed by atoms with Gasteiger partial charge in [0.05, 0.1) is 12.3 Å². The number of amides is 2. The van der Waals surface area contributed by atoms with Crippen LogP contribution in [0.3, 0.4) is 0 Å². The SMILES string of the molecule is CN1CCc2c(sc(-n3cccc3)c2CNC(=O)NCSC2=C(CC(=O)OC(C)(C)C)CCCCC2)C1. The molecule has 0 saturated carbocycles. The molecular weight excluding hydrogens is 504 g/mol. The van der Waals surface area contributed by atoms with Gasteiger partial charge in [-0.05, 0) is 88.1 Å². The molecule has 1 aliphatic carbocycles. The van der Waals surface area contributed by atoms with Crippen molar-refractivity contribution in [2.45, 2.75) is 84.4 Å².